The van der Waals surface area contributed by atoms with Gasteiger partial charge < -0.3 is 20.5 Å². The Morgan fingerprint density at radius 3 is 2.64 bits per heavy atom. The number of nitrogens with zero attached hydrogens (tertiary/aromatic N) is 1. The molecule has 0 saturated heterocycles. The van der Waals surface area contributed by atoms with Gasteiger partial charge in [-0.25, -0.2) is 0 Å². The molecule has 0 spiro atoms. The normalized spacial score (nSPS) is 11.0. The maximum absolute atomic E-state index is 12.5. The fourth-order valence-electron chi connectivity index (χ4n) is 2.65. The number of nitrogens with one attached hydrogen (secondary N) is 2. The number of aromatic hydroxyl groups is 1. The average molecular weight is 394 g/mol. The highest BCUT2D eigenvalue weighted by Crippen LogP contribution is 2.30. The Morgan fingerprint density at radius 1 is 1.18 bits per heavy atom. The summed E-state index contributed by atoms with van der Waals surface area (Å²) in [5.74, 6) is 0.0572. The van der Waals surface area contributed by atoms with Gasteiger partial charge in [0.1, 0.15) is 23.1 Å². The summed E-state index contributed by atoms with van der Waals surface area (Å²) in [6.07, 6.45) is 1.30. The molecular formula is C21H16ClN3O3. The fourth-order valence-corrected chi connectivity index (χ4v) is 2.91. The summed E-state index contributed by atoms with van der Waals surface area (Å²) < 4.78 is 5.09. The van der Waals surface area contributed by atoms with Gasteiger partial charge in [0.05, 0.1) is 12.1 Å². The number of anilines is 2. The number of hydrogen-bond donors (Lipinski definition) is 3. The van der Waals surface area contributed by atoms with Crippen molar-refractivity contribution in [2.45, 2.75) is 0 Å². The number of halogens is 1. The van der Waals surface area contributed by atoms with Gasteiger partial charge in [0.15, 0.2) is 0 Å². The smallest absolute Gasteiger partial charge is 0.267 e. The lowest BCUT2D eigenvalue weighted by Crippen LogP contribution is -2.14. The molecule has 0 unspecified atom stereocenters. The van der Waals surface area contributed by atoms with Crippen LogP contribution in [0.2, 0.25) is 5.02 Å². The number of phenolic OH excluding ortho intramolecular Hbond substituents is 1. The van der Waals surface area contributed by atoms with Crippen LogP contribution in [0.5, 0.6) is 11.5 Å². The van der Waals surface area contributed by atoms with Crippen LogP contribution in [0.15, 0.2) is 66.4 Å². The molecule has 0 aliphatic carbocycles. The van der Waals surface area contributed by atoms with Crippen LogP contribution in [0.25, 0.3) is 10.8 Å². The minimum atomic E-state index is -0.578. The number of hydrogen-bond acceptors (Lipinski definition) is 5. The third-order valence-electron chi connectivity index (χ3n) is 4.05. The molecule has 0 radical (unpaired) electrons. The van der Waals surface area contributed by atoms with Crippen molar-refractivity contribution < 1.29 is 14.6 Å². The molecule has 0 bridgehead atoms. The second kappa shape index (κ2) is 8.33. The van der Waals surface area contributed by atoms with Crippen molar-refractivity contribution in [2.75, 3.05) is 17.7 Å². The van der Waals surface area contributed by atoms with E-state index in [1.165, 1.54) is 13.3 Å². The van der Waals surface area contributed by atoms with E-state index in [0.29, 0.717) is 32.9 Å². The topological polar surface area (TPSA) is 94.4 Å². The third kappa shape index (κ3) is 4.00. The van der Waals surface area contributed by atoms with Crippen LogP contribution in [0.1, 0.15) is 0 Å². The Labute approximate surface area is 166 Å². The highest BCUT2D eigenvalue weighted by molar-refractivity contribution is 6.32. The number of nitriles is 1. The van der Waals surface area contributed by atoms with E-state index in [1.807, 2.05) is 6.07 Å². The summed E-state index contributed by atoms with van der Waals surface area (Å²) in [6.45, 7) is 0. The highest BCUT2D eigenvalue weighted by Gasteiger charge is 2.12. The van der Waals surface area contributed by atoms with Crippen LogP contribution >= 0.6 is 11.6 Å². The molecule has 6 nitrogen and oxygen atoms in total. The molecule has 0 saturated carbocycles. The van der Waals surface area contributed by atoms with Crippen LogP contribution in [0.3, 0.4) is 0 Å². The Morgan fingerprint density at radius 2 is 1.93 bits per heavy atom. The number of carbonyl (C=O) groups excluding carboxylic acids is 1. The predicted octanol–water partition coefficient (Wildman–Crippen LogP) is 4.67. The number of amides is 1. The highest BCUT2D eigenvalue weighted by atomic mass is 35.5. The van der Waals surface area contributed by atoms with Crippen molar-refractivity contribution in [1.29, 1.82) is 5.26 Å². The van der Waals surface area contributed by atoms with Gasteiger partial charge >= 0.3 is 0 Å². The SMILES string of the molecule is COc1ccc(N/C=C(/C#N)C(=O)Nc2cccc3c(O)cccc23)cc1Cl. The summed E-state index contributed by atoms with van der Waals surface area (Å²) in [5.41, 5.74) is 0.970. The quantitative estimate of drug-likeness (QED) is 0.432. The maximum Gasteiger partial charge on any atom is 0.267 e. The van der Waals surface area contributed by atoms with E-state index in [2.05, 4.69) is 10.6 Å². The van der Waals surface area contributed by atoms with Gasteiger partial charge in [-0.2, -0.15) is 5.26 Å². The molecule has 7 heteroatoms. The molecule has 3 N–H and O–H groups in total. The number of phenols is 1. The van der Waals surface area contributed by atoms with E-state index < -0.39 is 5.91 Å². The molecular weight excluding hydrogens is 378 g/mol. The summed E-state index contributed by atoms with van der Waals surface area (Å²) in [6, 6.07) is 17.1. The Balaban J connectivity index is 1.81. The lowest BCUT2D eigenvalue weighted by Gasteiger charge is -2.10. The van der Waals surface area contributed by atoms with E-state index in [0.717, 1.165) is 0 Å². The Hall–Kier alpha value is -3.69. The Bertz CT molecular complexity index is 1120. The molecule has 0 heterocycles. The van der Waals surface area contributed by atoms with E-state index in [-0.39, 0.29) is 11.3 Å². The summed E-state index contributed by atoms with van der Waals surface area (Å²) in [4.78, 5) is 12.5. The summed E-state index contributed by atoms with van der Waals surface area (Å²) in [5, 5.41) is 26.5. The number of ether oxygens (including phenoxy) is 1. The zero-order valence-corrected chi connectivity index (χ0v) is 15.6. The third-order valence-corrected chi connectivity index (χ3v) is 4.34. The number of carbonyl (C=O) groups is 1. The van der Waals surface area contributed by atoms with Gasteiger partial charge in [-0.05, 0) is 30.3 Å². The van der Waals surface area contributed by atoms with Gasteiger partial charge in [0.2, 0.25) is 0 Å². The fraction of sp³-hybridized carbons (Fsp3) is 0.0476. The van der Waals surface area contributed by atoms with Gasteiger partial charge in [0.25, 0.3) is 5.91 Å². The van der Waals surface area contributed by atoms with Crippen LogP contribution in [0.4, 0.5) is 11.4 Å². The van der Waals surface area contributed by atoms with Gasteiger partial charge in [-0.3, -0.25) is 4.79 Å². The number of methoxy groups -OCH3 is 1. The van der Waals surface area contributed by atoms with Crippen LogP contribution in [-0.4, -0.2) is 18.1 Å². The van der Waals surface area contributed by atoms with Crippen molar-refractivity contribution >= 4 is 39.7 Å². The first-order valence-electron chi connectivity index (χ1n) is 8.26. The molecule has 0 aliphatic heterocycles. The molecule has 3 rings (SSSR count). The molecule has 0 aliphatic rings. The molecule has 3 aromatic rings. The predicted molar refractivity (Wildman–Crippen MR) is 110 cm³/mol. The molecule has 28 heavy (non-hydrogen) atoms. The number of fused-ring (bicyclic) bond motifs is 1. The van der Waals surface area contributed by atoms with Crippen LogP contribution < -0.4 is 15.4 Å². The van der Waals surface area contributed by atoms with E-state index in [1.54, 1.807) is 54.6 Å². The van der Waals surface area contributed by atoms with Gasteiger partial charge in [-0.15, -0.1) is 0 Å². The van der Waals surface area contributed by atoms with Crippen molar-refractivity contribution in [3.63, 3.8) is 0 Å². The monoisotopic (exact) mass is 393 g/mol. The zero-order valence-electron chi connectivity index (χ0n) is 14.9. The van der Waals surface area contributed by atoms with Crippen molar-refractivity contribution in [3.8, 4) is 17.6 Å². The van der Waals surface area contributed by atoms with E-state index in [9.17, 15) is 15.2 Å². The molecule has 0 atom stereocenters. The molecule has 0 aromatic heterocycles. The first kappa shape index (κ1) is 19.1. The van der Waals surface area contributed by atoms with Crippen molar-refractivity contribution in [2.24, 2.45) is 0 Å². The Kier molecular flexibility index (Phi) is 5.68. The number of benzene rings is 3. The number of rotatable bonds is 5. The van der Waals surface area contributed by atoms with E-state index >= 15 is 0 Å². The zero-order chi connectivity index (χ0) is 20.1. The van der Waals surface area contributed by atoms with Crippen molar-refractivity contribution in [3.05, 3.63) is 71.4 Å². The van der Waals surface area contributed by atoms with Gasteiger partial charge in [0, 0.05) is 28.3 Å². The van der Waals surface area contributed by atoms with Crippen molar-refractivity contribution in [1.82, 2.24) is 0 Å². The molecule has 1 amide bonds. The minimum absolute atomic E-state index is 0.114. The largest absolute Gasteiger partial charge is 0.507 e. The molecule has 140 valence electrons. The summed E-state index contributed by atoms with van der Waals surface area (Å²) >= 11 is 6.07. The van der Waals surface area contributed by atoms with Crippen LogP contribution in [0, 0.1) is 11.3 Å². The second-order valence-electron chi connectivity index (χ2n) is 5.80. The molecule has 0 fully saturated rings. The second-order valence-corrected chi connectivity index (χ2v) is 6.20. The first-order valence-corrected chi connectivity index (χ1v) is 8.63. The van der Waals surface area contributed by atoms with E-state index in [4.69, 9.17) is 16.3 Å². The summed E-state index contributed by atoms with van der Waals surface area (Å²) in [7, 11) is 1.51. The lowest BCUT2D eigenvalue weighted by molar-refractivity contribution is -0.112. The maximum atomic E-state index is 12.5. The minimum Gasteiger partial charge on any atom is -0.507 e. The molecule has 3 aromatic carbocycles. The standard InChI is InChI=1S/C21H16ClN3O3/c1-28-20-9-8-14(10-17(20)22)24-12-13(11-23)21(27)25-18-6-2-5-16-15(18)4-3-7-19(16)26/h2-10,12,24,26H,1H3,(H,25,27)/b13-12-. The lowest BCUT2D eigenvalue weighted by atomic mass is 10.1. The van der Waals surface area contributed by atoms with Gasteiger partial charge in [-0.1, -0.05) is 35.9 Å². The first-order chi connectivity index (χ1) is 13.5. The average Bonchev–Trinajstić information content (AvgIpc) is 2.69. The van der Waals surface area contributed by atoms with Crippen LogP contribution in [-0.2, 0) is 4.79 Å².